The van der Waals surface area contributed by atoms with Gasteiger partial charge in [-0.15, -0.1) is 0 Å². The minimum atomic E-state index is -1.13. The molecule has 1 unspecified atom stereocenters. The van der Waals surface area contributed by atoms with E-state index in [0.29, 0.717) is 19.7 Å². The number of para-hydroxylation sites is 1. The van der Waals surface area contributed by atoms with Crippen molar-refractivity contribution in [2.75, 3.05) is 31.7 Å². The Morgan fingerprint density at radius 2 is 2.14 bits per heavy atom. The molecule has 6 heteroatoms. The molecule has 22 heavy (non-hydrogen) atoms. The van der Waals surface area contributed by atoms with E-state index in [1.165, 1.54) is 11.8 Å². The van der Waals surface area contributed by atoms with Crippen LogP contribution < -0.4 is 10.2 Å². The molecule has 1 N–H and O–H groups in total. The van der Waals surface area contributed by atoms with Gasteiger partial charge in [0.1, 0.15) is 0 Å². The third-order valence-electron chi connectivity index (χ3n) is 3.68. The van der Waals surface area contributed by atoms with Crippen molar-refractivity contribution in [1.82, 2.24) is 5.32 Å². The molecule has 0 spiro atoms. The van der Waals surface area contributed by atoms with Crippen molar-refractivity contribution in [2.45, 2.75) is 29.9 Å². The summed E-state index contributed by atoms with van der Waals surface area (Å²) in [5, 5.41) is 2.85. The second-order valence-electron chi connectivity index (χ2n) is 5.25. The van der Waals surface area contributed by atoms with Gasteiger partial charge >= 0.3 is 0 Å². The van der Waals surface area contributed by atoms with Crippen molar-refractivity contribution in [3.8, 4) is 0 Å². The quantitative estimate of drug-likeness (QED) is 0.643. The summed E-state index contributed by atoms with van der Waals surface area (Å²) in [6.45, 7) is 5.25. The number of fused-ring (bicyclic) bond motifs is 1. The minimum absolute atomic E-state index is 0.164. The summed E-state index contributed by atoms with van der Waals surface area (Å²) in [6, 6.07) is 7.69. The lowest BCUT2D eigenvalue weighted by molar-refractivity contribution is -0.131. The largest absolute Gasteiger partial charge is 0.385 e. The summed E-state index contributed by atoms with van der Waals surface area (Å²) in [7, 11) is 1.62. The van der Waals surface area contributed by atoms with Crippen LogP contribution in [-0.4, -0.2) is 43.4 Å². The molecule has 0 saturated carbocycles. The van der Waals surface area contributed by atoms with E-state index >= 15 is 0 Å². The molecule has 0 radical (unpaired) electrons. The molecule has 1 atom stereocenters. The first-order valence-electron chi connectivity index (χ1n) is 7.41. The fraction of sp³-hybridized carbons (Fsp3) is 0.500. The number of nitrogens with zero attached hydrogens (tertiary/aromatic N) is 1. The van der Waals surface area contributed by atoms with Gasteiger partial charge in [0.2, 0.25) is 5.91 Å². The van der Waals surface area contributed by atoms with Crippen molar-refractivity contribution in [3.63, 3.8) is 0 Å². The highest BCUT2D eigenvalue weighted by atomic mass is 32.2. The number of thioether (sulfide) groups is 1. The Morgan fingerprint density at radius 3 is 2.82 bits per heavy atom. The van der Waals surface area contributed by atoms with Gasteiger partial charge in [0.25, 0.3) is 5.91 Å². The van der Waals surface area contributed by atoms with E-state index in [1.807, 2.05) is 31.2 Å². The van der Waals surface area contributed by atoms with Crippen LogP contribution in [0.25, 0.3) is 0 Å². The van der Waals surface area contributed by atoms with Crippen LogP contribution in [0.5, 0.6) is 0 Å². The molecule has 1 aromatic rings. The second-order valence-corrected chi connectivity index (χ2v) is 6.72. The number of carbonyl (C=O) groups excluding carboxylic acids is 2. The van der Waals surface area contributed by atoms with Crippen LogP contribution in [0.3, 0.4) is 0 Å². The zero-order valence-corrected chi connectivity index (χ0v) is 14.0. The maximum atomic E-state index is 12.8. The van der Waals surface area contributed by atoms with E-state index in [1.54, 1.807) is 18.9 Å². The molecule has 5 nitrogen and oxygen atoms in total. The first-order valence-corrected chi connectivity index (χ1v) is 8.23. The van der Waals surface area contributed by atoms with E-state index in [0.717, 1.165) is 17.0 Å². The minimum Gasteiger partial charge on any atom is -0.385 e. The van der Waals surface area contributed by atoms with Gasteiger partial charge in [0.15, 0.2) is 4.75 Å². The normalized spacial score (nSPS) is 20.7. The Morgan fingerprint density at radius 1 is 1.41 bits per heavy atom. The topological polar surface area (TPSA) is 58.6 Å². The van der Waals surface area contributed by atoms with Crippen molar-refractivity contribution in [3.05, 3.63) is 24.3 Å². The van der Waals surface area contributed by atoms with Gasteiger partial charge in [-0.2, -0.15) is 0 Å². The lowest BCUT2D eigenvalue weighted by Gasteiger charge is -2.38. The maximum absolute atomic E-state index is 12.8. The predicted molar refractivity (Wildman–Crippen MR) is 88.2 cm³/mol. The average molecular weight is 322 g/mol. The van der Waals surface area contributed by atoms with Gasteiger partial charge in [0, 0.05) is 31.7 Å². The lowest BCUT2D eigenvalue weighted by Crippen LogP contribution is -2.56. The summed E-state index contributed by atoms with van der Waals surface area (Å²) >= 11 is 1.32. The van der Waals surface area contributed by atoms with E-state index < -0.39 is 4.75 Å². The highest BCUT2D eigenvalue weighted by molar-refractivity contribution is 8.02. The SMILES string of the molecule is CCN1C(=O)C(C)(C(=O)NCCCOC)Sc2ccccc21. The molecule has 0 fully saturated rings. The third kappa shape index (κ3) is 3.13. The van der Waals surface area contributed by atoms with Crippen LogP contribution in [0.4, 0.5) is 5.69 Å². The van der Waals surface area contributed by atoms with E-state index in [-0.39, 0.29) is 11.8 Å². The molecule has 1 aliphatic heterocycles. The fourth-order valence-electron chi connectivity index (χ4n) is 2.44. The van der Waals surface area contributed by atoms with Crippen molar-refractivity contribution in [2.24, 2.45) is 0 Å². The molecule has 0 bridgehead atoms. The summed E-state index contributed by atoms with van der Waals surface area (Å²) in [4.78, 5) is 28.0. The lowest BCUT2D eigenvalue weighted by atomic mass is 10.1. The number of hydrogen-bond acceptors (Lipinski definition) is 4. The zero-order chi connectivity index (χ0) is 16.2. The Hall–Kier alpha value is -1.53. The van der Waals surface area contributed by atoms with Crippen molar-refractivity contribution < 1.29 is 14.3 Å². The van der Waals surface area contributed by atoms with E-state index in [2.05, 4.69) is 5.32 Å². The van der Waals surface area contributed by atoms with Crippen LogP contribution in [-0.2, 0) is 14.3 Å². The molecule has 0 saturated heterocycles. The molecule has 0 aliphatic carbocycles. The first kappa shape index (κ1) is 16.8. The van der Waals surface area contributed by atoms with Gasteiger partial charge in [-0.1, -0.05) is 23.9 Å². The number of carbonyl (C=O) groups is 2. The van der Waals surface area contributed by atoms with Gasteiger partial charge in [0.05, 0.1) is 5.69 Å². The van der Waals surface area contributed by atoms with E-state index in [9.17, 15) is 9.59 Å². The van der Waals surface area contributed by atoms with Crippen LogP contribution in [0.1, 0.15) is 20.3 Å². The molecule has 1 aromatic carbocycles. The number of methoxy groups -OCH3 is 1. The first-order chi connectivity index (χ1) is 10.5. The summed E-state index contributed by atoms with van der Waals surface area (Å²) in [5.74, 6) is -0.408. The molecule has 2 rings (SSSR count). The van der Waals surface area contributed by atoms with Gasteiger partial charge < -0.3 is 15.0 Å². The van der Waals surface area contributed by atoms with Crippen LogP contribution in [0.15, 0.2) is 29.2 Å². The number of benzene rings is 1. The highest BCUT2D eigenvalue weighted by Crippen LogP contribution is 2.45. The number of amides is 2. The van der Waals surface area contributed by atoms with Gasteiger partial charge in [-0.05, 0) is 32.4 Å². The van der Waals surface area contributed by atoms with Crippen LogP contribution >= 0.6 is 11.8 Å². The zero-order valence-electron chi connectivity index (χ0n) is 13.2. The highest BCUT2D eigenvalue weighted by Gasteiger charge is 2.48. The van der Waals surface area contributed by atoms with Gasteiger partial charge in [-0.25, -0.2) is 0 Å². The molecule has 0 aromatic heterocycles. The standard InChI is InChI=1S/C16H22N2O3S/c1-4-18-12-8-5-6-9-13(12)22-16(2,15(18)20)14(19)17-10-7-11-21-3/h5-6,8-9H,4,7,10-11H2,1-3H3,(H,17,19). The number of rotatable bonds is 6. The number of anilines is 1. The Bertz CT molecular complexity index is 564. The monoisotopic (exact) mass is 322 g/mol. The molecule has 120 valence electrons. The number of nitrogens with one attached hydrogen (secondary N) is 1. The van der Waals surface area contributed by atoms with Crippen LogP contribution in [0, 0.1) is 0 Å². The second kappa shape index (κ2) is 7.15. The smallest absolute Gasteiger partial charge is 0.252 e. The Balaban J connectivity index is 2.20. The van der Waals surface area contributed by atoms with E-state index in [4.69, 9.17) is 4.74 Å². The summed E-state index contributed by atoms with van der Waals surface area (Å²) in [5.41, 5.74) is 0.879. The van der Waals surface area contributed by atoms with Crippen molar-refractivity contribution >= 4 is 29.3 Å². The van der Waals surface area contributed by atoms with Crippen molar-refractivity contribution in [1.29, 1.82) is 0 Å². The summed E-state index contributed by atoms with van der Waals surface area (Å²) in [6.07, 6.45) is 0.727. The fourth-order valence-corrected chi connectivity index (χ4v) is 3.67. The maximum Gasteiger partial charge on any atom is 0.252 e. The number of hydrogen-bond donors (Lipinski definition) is 1. The van der Waals surface area contributed by atoms with Gasteiger partial charge in [-0.3, -0.25) is 9.59 Å². The molecule has 1 aliphatic rings. The number of ether oxygens (including phenoxy) is 1. The molecule has 1 heterocycles. The average Bonchev–Trinajstić information content (AvgIpc) is 2.52. The molecular formula is C16H22N2O3S. The third-order valence-corrected chi connectivity index (χ3v) is 5.02. The predicted octanol–water partition coefficient (Wildman–Crippen LogP) is 2.06. The molecular weight excluding hydrogens is 300 g/mol. The Labute approximate surface area is 135 Å². The summed E-state index contributed by atoms with van der Waals surface area (Å²) < 4.78 is 3.84. The molecule has 2 amide bonds. The Kier molecular flexibility index (Phi) is 5.47. The van der Waals surface area contributed by atoms with Crippen LogP contribution in [0.2, 0.25) is 0 Å².